The second-order valence-corrected chi connectivity index (χ2v) is 11.8. The van der Waals surface area contributed by atoms with Crippen LogP contribution in [0.3, 0.4) is 0 Å². The molecule has 4 aliphatic rings. The first-order valence-electron chi connectivity index (χ1n) is 13.0. The quantitative estimate of drug-likeness (QED) is 0.213. The number of halogens is 1. The van der Waals surface area contributed by atoms with E-state index in [9.17, 15) is 24.3 Å². The Bertz CT molecular complexity index is 1580. The van der Waals surface area contributed by atoms with Crippen molar-refractivity contribution in [2.45, 2.75) is 32.1 Å². The summed E-state index contributed by atoms with van der Waals surface area (Å²) in [5.41, 5.74) is 3.65. The van der Waals surface area contributed by atoms with Crippen molar-refractivity contribution in [1.29, 1.82) is 0 Å². The molecule has 1 aliphatic heterocycles. The van der Waals surface area contributed by atoms with Crippen LogP contribution in [0.25, 0.3) is 0 Å². The van der Waals surface area contributed by atoms with Crippen molar-refractivity contribution in [3.63, 3.8) is 0 Å². The molecule has 7 heteroatoms. The Morgan fingerprint density at radius 3 is 2.51 bits per heavy atom. The monoisotopic (exact) mass is 631 g/mol. The van der Waals surface area contributed by atoms with Crippen LogP contribution in [0.5, 0.6) is 5.75 Å². The zero-order chi connectivity index (χ0) is 27.6. The second kappa shape index (κ2) is 9.55. The number of aromatic hydroxyl groups is 1. The molecule has 4 atom stereocenters. The number of nitrogens with zero attached hydrogens (tertiary/aromatic N) is 1. The average Bonchev–Trinajstić information content (AvgIpc) is 3.18. The molecule has 0 bridgehead atoms. The largest absolute Gasteiger partial charge is 0.507 e. The van der Waals surface area contributed by atoms with Crippen molar-refractivity contribution in [2.24, 2.45) is 17.8 Å². The Morgan fingerprint density at radius 2 is 1.79 bits per heavy atom. The maximum absolute atomic E-state index is 13.9. The first kappa shape index (κ1) is 25.7. The van der Waals surface area contributed by atoms with Gasteiger partial charge in [0.1, 0.15) is 5.75 Å². The van der Waals surface area contributed by atoms with Gasteiger partial charge in [-0.2, -0.15) is 0 Å². The number of hydrogen-bond acceptors (Lipinski definition) is 5. The molecule has 0 aromatic heterocycles. The Hall–Kier alpha value is -3.59. The first-order chi connectivity index (χ1) is 18.7. The van der Waals surface area contributed by atoms with Gasteiger partial charge in [0.2, 0.25) is 11.8 Å². The van der Waals surface area contributed by atoms with Gasteiger partial charge in [0, 0.05) is 31.8 Å². The van der Waals surface area contributed by atoms with Crippen molar-refractivity contribution >= 4 is 51.7 Å². The zero-order valence-electron chi connectivity index (χ0n) is 21.3. The summed E-state index contributed by atoms with van der Waals surface area (Å²) < 4.78 is 0.994. The third-order valence-corrected chi connectivity index (χ3v) is 9.19. The number of rotatable bonds is 4. The predicted octanol–water partition coefficient (Wildman–Crippen LogP) is 5.36. The van der Waals surface area contributed by atoms with E-state index in [-0.39, 0.29) is 35.6 Å². The number of ketones is 2. The van der Waals surface area contributed by atoms with Gasteiger partial charge in [-0.15, -0.1) is 6.58 Å². The Labute approximate surface area is 239 Å². The lowest BCUT2D eigenvalue weighted by Crippen LogP contribution is -2.39. The van der Waals surface area contributed by atoms with Gasteiger partial charge in [0.05, 0.1) is 17.5 Å². The molecular formula is C32H26INO5. The molecule has 1 fully saturated rings. The highest BCUT2D eigenvalue weighted by Crippen LogP contribution is 2.56. The van der Waals surface area contributed by atoms with Crippen molar-refractivity contribution < 1.29 is 24.3 Å². The Balaban J connectivity index is 1.50. The van der Waals surface area contributed by atoms with E-state index in [1.54, 1.807) is 37.3 Å². The number of phenols is 1. The van der Waals surface area contributed by atoms with Crippen molar-refractivity contribution in [3.05, 3.63) is 104 Å². The maximum atomic E-state index is 13.9. The number of allylic oxidation sites excluding steroid dienone is 7. The Morgan fingerprint density at radius 1 is 1.05 bits per heavy atom. The van der Waals surface area contributed by atoms with Gasteiger partial charge in [-0.3, -0.25) is 24.1 Å². The van der Waals surface area contributed by atoms with E-state index in [4.69, 9.17) is 0 Å². The standard InChI is InChI=1S/C32H26INO5/c1-3-5-17-6-4-7-21(30(17)37)26-20-12-13-22-27(23(20)15-24-25(35)14-16(2)29(36)28(24)26)32(39)34(31(22)38)19-10-8-18(33)9-11-19/h3-4,6-12,14,22-23,26-27,37H,1,5,13,15H2,2H3/t22-,23+,26+,27-/m0/s1. The van der Waals surface area contributed by atoms with Crippen LogP contribution in [0.4, 0.5) is 5.69 Å². The average molecular weight is 631 g/mol. The number of Topliss-reactive ketones (excluding diaryl/α,β-unsaturated/α-hetero) is 1. The SMILES string of the molecule is C=CCc1cccc([C@H]2C3=CC[C@@H]4C(=O)N(c5ccc(I)cc5)C(=O)[C@@H]4[C@@H]3CC3=C2C(=O)C(C)=CC3=O)c1O. The van der Waals surface area contributed by atoms with E-state index < -0.39 is 23.7 Å². The van der Waals surface area contributed by atoms with Crippen LogP contribution in [0.2, 0.25) is 0 Å². The molecule has 1 heterocycles. The molecular weight excluding hydrogens is 605 g/mol. The molecule has 39 heavy (non-hydrogen) atoms. The lowest BCUT2D eigenvalue weighted by atomic mass is 9.59. The van der Waals surface area contributed by atoms with Crippen LogP contribution in [0.1, 0.15) is 36.8 Å². The highest BCUT2D eigenvalue weighted by molar-refractivity contribution is 14.1. The molecule has 0 saturated carbocycles. The molecule has 6 rings (SSSR count). The first-order valence-corrected chi connectivity index (χ1v) is 14.1. The minimum atomic E-state index is -0.681. The van der Waals surface area contributed by atoms with Crippen molar-refractivity contribution in [1.82, 2.24) is 0 Å². The van der Waals surface area contributed by atoms with E-state index in [1.807, 2.05) is 24.3 Å². The normalized spacial score (nSPS) is 26.2. The topological polar surface area (TPSA) is 91.8 Å². The van der Waals surface area contributed by atoms with Crippen LogP contribution >= 0.6 is 22.6 Å². The van der Waals surface area contributed by atoms with Crippen molar-refractivity contribution in [2.75, 3.05) is 4.90 Å². The fourth-order valence-corrected chi connectivity index (χ4v) is 7.09. The minimum Gasteiger partial charge on any atom is -0.507 e. The molecule has 196 valence electrons. The summed E-state index contributed by atoms with van der Waals surface area (Å²) in [6.07, 6.45) is 6.02. The number of phenolic OH excluding ortho intramolecular Hbond substituents is 1. The minimum absolute atomic E-state index is 0.0553. The van der Waals surface area contributed by atoms with Gasteiger partial charge in [-0.25, -0.2) is 0 Å². The molecule has 0 spiro atoms. The fraction of sp³-hybridized carbons (Fsp3) is 0.250. The summed E-state index contributed by atoms with van der Waals surface area (Å²) in [5, 5.41) is 11.3. The van der Waals surface area contributed by atoms with Crippen LogP contribution in [0, 0.1) is 21.3 Å². The van der Waals surface area contributed by atoms with E-state index in [1.165, 1.54) is 11.0 Å². The maximum Gasteiger partial charge on any atom is 0.238 e. The summed E-state index contributed by atoms with van der Waals surface area (Å²) in [7, 11) is 0. The number of imide groups is 1. The third kappa shape index (κ3) is 3.89. The summed E-state index contributed by atoms with van der Waals surface area (Å²) in [6, 6.07) is 12.7. The van der Waals surface area contributed by atoms with Gasteiger partial charge in [0.25, 0.3) is 0 Å². The molecule has 6 nitrogen and oxygen atoms in total. The zero-order valence-corrected chi connectivity index (χ0v) is 23.5. The summed E-state index contributed by atoms with van der Waals surface area (Å²) in [6.45, 7) is 5.41. The number of carbonyl (C=O) groups excluding carboxylic acids is 4. The van der Waals surface area contributed by atoms with Gasteiger partial charge < -0.3 is 5.11 Å². The van der Waals surface area contributed by atoms with Crippen LogP contribution in [-0.2, 0) is 25.6 Å². The fourth-order valence-electron chi connectivity index (χ4n) is 6.73. The van der Waals surface area contributed by atoms with E-state index in [0.717, 1.165) is 9.14 Å². The van der Waals surface area contributed by atoms with Gasteiger partial charge >= 0.3 is 0 Å². The number of anilines is 1. The highest BCUT2D eigenvalue weighted by Gasteiger charge is 2.56. The van der Waals surface area contributed by atoms with E-state index in [0.29, 0.717) is 46.4 Å². The number of hydrogen-bond donors (Lipinski definition) is 1. The highest BCUT2D eigenvalue weighted by atomic mass is 127. The number of amides is 2. The predicted molar refractivity (Wildman–Crippen MR) is 155 cm³/mol. The summed E-state index contributed by atoms with van der Waals surface area (Å²) in [4.78, 5) is 55.6. The molecule has 1 saturated heterocycles. The Kier molecular flexibility index (Phi) is 6.29. The molecule has 3 aliphatic carbocycles. The lowest BCUT2D eigenvalue weighted by molar-refractivity contribution is -0.123. The van der Waals surface area contributed by atoms with Gasteiger partial charge in [-0.1, -0.05) is 35.9 Å². The summed E-state index contributed by atoms with van der Waals surface area (Å²) >= 11 is 2.18. The van der Waals surface area contributed by atoms with E-state index >= 15 is 0 Å². The van der Waals surface area contributed by atoms with Crippen LogP contribution in [-0.4, -0.2) is 28.5 Å². The lowest BCUT2D eigenvalue weighted by Gasteiger charge is -2.42. The number of fused-ring (bicyclic) bond motifs is 3. The molecule has 0 unspecified atom stereocenters. The number of carbonyl (C=O) groups is 4. The van der Waals surface area contributed by atoms with Crippen molar-refractivity contribution in [3.8, 4) is 5.75 Å². The van der Waals surface area contributed by atoms with Gasteiger partial charge in [0.15, 0.2) is 11.6 Å². The smallest absolute Gasteiger partial charge is 0.238 e. The molecule has 0 radical (unpaired) electrons. The molecule has 2 aromatic carbocycles. The van der Waals surface area contributed by atoms with Gasteiger partial charge in [-0.05, 0) is 90.6 Å². The summed E-state index contributed by atoms with van der Waals surface area (Å²) in [5.74, 6) is -3.25. The molecule has 1 N–H and O–H groups in total. The van der Waals surface area contributed by atoms with E-state index in [2.05, 4.69) is 29.2 Å². The number of para-hydroxylation sites is 1. The molecule has 2 aromatic rings. The third-order valence-electron chi connectivity index (χ3n) is 8.48. The number of benzene rings is 2. The second-order valence-electron chi connectivity index (χ2n) is 10.6. The van der Waals surface area contributed by atoms with Crippen LogP contribution < -0.4 is 4.90 Å². The van der Waals surface area contributed by atoms with Crippen LogP contribution in [0.15, 0.2) is 89.6 Å². The molecule has 2 amide bonds.